The molecule has 0 radical (unpaired) electrons. The number of amides is 3. The molecule has 0 fully saturated rings. The van der Waals surface area contributed by atoms with Crippen LogP contribution in [0.5, 0.6) is 0 Å². The van der Waals surface area contributed by atoms with Crippen LogP contribution in [-0.2, 0) is 30.8 Å². The summed E-state index contributed by atoms with van der Waals surface area (Å²) in [6.45, 7) is 3.58. The summed E-state index contributed by atoms with van der Waals surface area (Å²) >= 11 is 0. The van der Waals surface area contributed by atoms with Crippen LogP contribution < -0.4 is 21.7 Å². The van der Waals surface area contributed by atoms with E-state index in [0.717, 1.165) is 18.2 Å². The van der Waals surface area contributed by atoms with E-state index in [1.54, 1.807) is 0 Å². The first-order chi connectivity index (χ1) is 15.4. The number of aliphatic hydroxyl groups excluding tert-OH is 1. The summed E-state index contributed by atoms with van der Waals surface area (Å²) in [5.41, 5.74) is 6.40. The van der Waals surface area contributed by atoms with Crippen LogP contribution in [-0.4, -0.2) is 67.5 Å². The molecule has 0 heterocycles. The molecule has 3 amide bonds. The fourth-order valence-corrected chi connectivity index (χ4v) is 3.66. The standard InChI is InChI=1S/C22H36N4O6S/c1-4-5-11-17(19(27)22(30)24-14-16-9-7-6-8-10-16)25-21(29)18(12-13-33(3,31)32)26-20(28)15(2)23/h6-10,15,17-19,27H,4-5,11-14,23H2,1-3H3,(H,24,30)(H,25,29)(H,26,28)/t15-,17-,18-,19?/m0/s1. The van der Waals surface area contributed by atoms with Crippen molar-refractivity contribution in [1.82, 2.24) is 16.0 Å². The second-order valence-electron chi connectivity index (χ2n) is 8.17. The number of carbonyl (C=O) groups is 3. The zero-order valence-electron chi connectivity index (χ0n) is 19.4. The number of rotatable bonds is 14. The van der Waals surface area contributed by atoms with Crippen LogP contribution in [0.1, 0.15) is 45.1 Å². The molecule has 6 N–H and O–H groups in total. The van der Waals surface area contributed by atoms with E-state index in [4.69, 9.17) is 5.73 Å². The van der Waals surface area contributed by atoms with Crippen molar-refractivity contribution in [2.75, 3.05) is 12.0 Å². The smallest absolute Gasteiger partial charge is 0.251 e. The zero-order valence-corrected chi connectivity index (χ0v) is 20.2. The first-order valence-corrected chi connectivity index (χ1v) is 13.0. The van der Waals surface area contributed by atoms with Gasteiger partial charge < -0.3 is 26.8 Å². The van der Waals surface area contributed by atoms with Crippen molar-refractivity contribution in [2.45, 2.75) is 70.3 Å². The predicted octanol–water partition coefficient (Wildman–Crippen LogP) is -0.395. The molecule has 186 valence electrons. The second kappa shape index (κ2) is 13.9. The third kappa shape index (κ3) is 11.3. The molecule has 4 atom stereocenters. The van der Waals surface area contributed by atoms with Crippen molar-refractivity contribution in [2.24, 2.45) is 5.73 Å². The summed E-state index contributed by atoms with van der Waals surface area (Å²) < 4.78 is 23.1. The van der Waals surface area contributed by atoms with Crippen LogP contribution in [0.15, 0.2) is 30.3 Å². The molecule has 33 heavy (non-hydrogen) atoms. The Kier molecular flexibility index (Phi) is 12.0. The quantitative estimate of drug-likeness (QED) is 0.239. The Morgan fingerprint density at radius 2 is 1.67 bits per heavy atom. The number of nitrogens with two attached hydrogens (primary N) is 1. The zero-order chi connectivity index (χ0) is 25.0. The molecule has 1 aromatic rings. The molecule has 1 aromatic carbocycles. The van der Waals surface area contributed by atoms with E-state index in [1.165, 1.54) is 6.92 Å². The van der Waals surface area contributed by atoms with Crippen molar-refractivity contribution in [1.29, 1.82) is 0 Å². The number of aliphatic hydroxyl groups is 1. The summed E-state index contributed by atoms with van der Waals surface area (Å²) in [5.74, 6) is -2.28. The highest BCUT2D eigenvalue weighted by molar-refractivity contribution is 7.90. The van der Waals surface area contributed by atoms with Crippen LogP contribution in [0.2, 0.25) is 0 Å². The van der Waals surface area contributed by atoms with Crippen LogP contribution in [0.3, 0.4) is 0 Å². The monoisotopic (exact) mass is 484 g/mol. The number of carbonyl (C=O) groups excluding carboxylic acids is 3. The van der Waals surface area contributed by atoms with E-state index < -0.39 is 51.8 Å². The number of nitrogens with one attached hydrogen (secondary N) is 3. The Hall–Kier alpha value is -2.50. The maximum Gasteiger partial charge on any atom is 0.251 e. The van der Waals surface area contributed by atoms with Gasteiger partial charge in [0.1, 0.15) is 15.9 Å². The van der Waals surface area contributed by atoms with E-state index >= 15 is 0 Å². The van der Waals surface area contributed by atoms with Gasteiger partial charge in [-0.25, -0.2) is 8.42 Å². The molecule has 0 aliphatic carbocycles. The fourth-order valence-electron chi connectivity index (χ4n) is 2.99. The van der Waals surface area contributed by atoms with Gasteiger partial charge in [-0.2, -0.15) is 0 Å². The number of unbranched alkanes of at least 4 members (excludes halogenated alkanes) is 1. The fraction of sp³-hybridized carbons (Fsp3) is 0.591. The summed E-state index contributed by atoms with van der Waals surface area (Å²) in [7, 11) is -3.39. The Labute approximate surface area is 195 Å². The average Bonchev–Trinajstić information content (AvgIpc) is 2.76. The molecule has 1 unspecified atom stereocenters. The normalized spacial score (nSPS) is 15.1. The lowest BCUT2D eigenvalue weighted by Crippen LogP contribution is -2.57. The van der Waals surface area contributed by atoms with Gasteiger partial charge in [0, 0.05) is 12.8 Å². The highest BCUT2D eigenvalue weighted by Crippen LogP contribution is 2.08. The van der Waals surface area contributed by atoms with E-state index in [-0.39, 0.29) is 18.7 Å². The highest BCUT2D eigenvalue weighted by atomic mass is 32.2. The van der Waals surface area contributed by atoms with E-state index in [2.05, 4.69) is 16.0 Å². The molecule has 0 aliphatic heterocycles. The third-order valence-corrected chi connectivity index (χ3v) is 5.96. The SMILES string of the molecule is CCCC[C@H](NC(=O)[C@H](CCS(C)(=O)=O)NC(=O)[C@H](C)N)C(O)C(=O)NCc1ccccc1. The Balaban J connectivity index is 2.90. The Bertz CT molecular complexity index is 876. The van der Waals surface area contributed by atoms with Crippen molar-refractivity contribution < 1.29 is 27.9 Å². The minimum Gasteiger partial charge on any atom is -0.381 e. The summed E-state index contributed by atoms with van der Waals surface area (Å²) in [6.07, 6.45) is 1.06. The Morgan fingerprint density at radius 1 is 1.03 bits per heavy atom. The van der Waals surface area contributed by atoms with Gasteiger partial charge in [-0.1, -0.05) is 50.1 Å². The molecule has 10 nitrogen and oxygen atoms in total. The molecular formula is C22H36N4O6S. The van der Waals surface area contributed by atoms with E-state index in [0.29, 0.717) is 12.8 Å². The maximum atomic E-state index is 12.9. The number of sulfone groups is 1. The van der Waals surface area contributed by atoms with Crippen molar-refractivity contribution in [3.05, 3.63) is 35.9 Å². The van der Waals surface area contributed by atoms with Crippen molar-refractivity contribution in [3.8, 4) is 0 Å². The van der Waals surface area contributed by atoms with Gasteiger partial charge in [-0.05, 0) is 25.3 Å². The van der Waals surface area contributed by atoms with E-state index in [1.807, 2.05) is 37.3 Å². The van der Waals surface area contributed by atoms with Crippen LogP contribution >= 0.6 is 0 Å². The predicted molar refractivity (Wildman–Crippen MR) is 126 cm³/mol. The summed E-state index contributed by atoms with van der Waals surface area (Å²) in [5, 5.41) is 18.3. The van der Waals surface area contributed by atoms with Gasteiger partial charge in [-0.15, -0.1) is 0 Å². The molecule has 11 heteroatoms. The van der Waals surface area contributed by atoms with Crippen LogP contribution in [0.4, 0.5) is 0 Å². The minimum atomic E-state index is -3.39. The third-order valence-electron chi connectivity index (χ3n) is 4.98. The highest BCUT2D eigenvalue weighted by Gasteiger charge is 2.31. The summed E-state index contributed by atoms with van der Waals surface area (Å²) in [6, 6.07) is 6.17. The molecule has 0 aliphatic rings. The van der Waals surface area contributed by atoms with E-state index in [9.17, 15) is 27.9 Å². The number of benzene rings is 1. The average molecular weight is 485 g/mol. The lowest BCUT2D eigenvalue weighted by Gasteiger charge is -2.27. The number of hydrogen-bond donors (Lipinski definition) is 5. The van der Waals surface area contributed by atoms with Crippen molar-refractivity contribution in [3.63, 3.8) is 0 Å². The molecule has 0 aromatic heterocycles. The molecular weight excluding hydrogens is 448 g/mol. The van der Waals surface area contributed by atoms with Crippen LogP contribution in [0.25, 0.3) is 0 Å². The first-order valence-electron chi connectivity index (χ1n) is 11.0. The maximum absolute atomic E-state index is 12.9. The van der Waals surface area contributed by atoms with Crippen LogP contribution in [0, 0.1) is 0 Å². The molecule has 0 bridgehead atoms. The second-order valence-corrected chi connectivity index (χ2v) is 10.4. The lowest BCUT2D eigenvalue weighted by molar-refractivity contribution is -0.134. The molecule has 0 saturated heterocycles. The Morgan fingerprint density at radius 3 is 2.21 bits per heavy atom. The van der Waals surface area contributed by atoms with Crippen molar-refractivity contribution >= 4 is 27.6 Å². The van der Waals surface area contributed by atoms with Gasteiger partial charge in [0.25, 0.3) is 5.91 Å². The molecule has 0 saturated carbocycles. The first kappa shape index (κ1) is 28.5. The number of hydrogen-bond acceptors (Lipinski definition) is 7. The molecule has 1 rings (SSSR count). The van der Waals surface area contributed by atoms with Gasteiger partial charge in [0.15, 0.2) is 6.10 Å². The van der Waals surface area contributed by atoms with Gasteiger partial charge in [-0.3, -0.25) is 14.4 Å². The van der Waals surface area contributed by atoms with Gasteiger partial charge >= 0.3 is 0 Å². The van der Waals surface area contributed by atoms with Gasteiger partial charge in [0.2, 0.25) is 11.8 Å². The molecule has 0 spiro atoms. The van der Waals surface area contributed by atoms with Gasteiger partial charge in [0.05, 0.1) is 17.8 Å². The minimum absolute atomic E-state index is 0.167. The largest absolute Gasteiger partial charge is 0.381 e. The topological polar surface area (TPSA) is 168 Å². The summed E-state index contributed by atoms with van der Waals surface area (Å²) in [4.78, 5) is 37.4. The lowest BCUT2D eigenvalue weighted by atomic mass is 10.0.